The molecule has 1 fully saturated rings. The minimum Gasteiger partial charge on any atom is -0.396 e. The highest BCUT2D eigenvalue weighted by Crippen LogP contribution is 2.18. The first-order valence-electron chi connectivity index (χ1n) is 5.73. The second kappa shape index (κ2) is 5.23. The number of piperidine rings is 1. The van der Waals surface area contributed by atoms with E-state index in [1.807, 2.05) is 0 Å². The fourth-order valence-corrected chi connectivity index (χ4v) is 2.03. The van der Waals surface area contributed by atoms with Gasteiger partial charge in [0, 0.05) is 25.9 Å². The van der Waals surface area contributed by atoms with Crippen LogP contribution in [0, 0.1) is 11.9 Å². The molecule has 1 saturated heterocycles. The number of aromatic nitrogens is 1. The van der Waals surface area contributed by atoms with Gasteiger partial charge in [-0.2, -0.15) is 4.39 Å². The molecule has 2 rings (SSSR count). The summed E-state index contributed by atoms with van der Waals surface area (Å²) >= 11 is 0. The summed E-state index contributed by atoms with van der Waals surface area (Å²) in [5.41, 5.74) is 0.0231. The average Bonchev–Trinajstić information content (AvgIpc) is 2.39. The summed E-state index contributed by atoms with van der Waals surface area (Å²) in [7, 11) is 0. The third kappa shape index (κ3) is 2.61. The number of carbonyl (C=O) groups is 1. The van der Waals surface area contributed by atoms with Crippen LogP contribution in [0.4, 0.5) is 4.39 Å². The summed E-state index contributed by atoms with van der Waals surface area (Å²) in [5.74, 6) is -0.772. The Bertz CT molecular complexity index is 403. The van der Waals surface area contributed by atoms with Crippen LogP contribution in [0.15, 0.2) is 18.3 Å². The Hall–Kier alpha value is -1.49. The summed E-state index contributed by atoms with van der Waals surface area (Å²) in [4.78, 5) is 17.1. The van der Waals surface area contributed by atoms with Gasteiger partial charge in [-0.25, -0.2) is 4.98 Å². The van der Waals surface area contributed by atoms with Gasteiger partial charge in [-0.05, 0) is 30.9 Å². The SMILES string of the molecule is O=C(c1cccnc1F)N1CCC(CO)CC1. The molecule has 1 aromatic rings. The van der Waals surface area contributed by atoms with E-state index >= 15 is 0 Å². The maximum atomic E-state index is 13.3. The van der Waals surface area contributed by atoms with Crippen molar-refractivity contribution in [3.8, 4) is 0 Å². The Morgan fingerprint density at radius 2 is 2.24 bits per heavy atom. The molecule has 5 heteroatoms. The quantitative estimate of drug-likeness (QED) is 0.784. The summed E-state index contributed by atoms with van der Waals surface area (Å²) in [5, 5.41) is 9.00. The predicted octanol–water partition coefficient (Wildman–Crippen LogP) is 1.07. The highest BCUT2D eigenvalue weighted by atomic mass is 19.1. The molecule has 0 saturated carbocycles. The van der Waals surface area contributed by atoms with Crippen LogP contribution in [-0.4, -0.2) is 40.6 Å². The molecule has 0 aliphatic carbocycles. The number of halogens is 1. The predicted molar refractivity (Wildman–Crippen MR) is 59.9 cm³/mol. The lowest BCUT2D eigenvalue weighted by Crippen LogP contribution is -2.39. The number of aliphatic hydroxyl groups excluding tert-OH is 1. The van der Waals surface area contributed by atoms with E-state index in [0.29, 0.717) is 13.1 Å². The van der Waals surface area contributed by atoms with E-state index in [1.54, 1.807) is 11.0 Å². The summed E-state index contributed by atoms with van der Waals surface area (Å²) in [6.45, 7) is 1.29. The number of rotatable bonds is 2. The van der Waals surface area contributed by atoms with Gasteiger partial charge in [-0.15, -0.1) is 0 Å². The Labute approximate surface area is 99.1 Å². The number of hydrogen-bond donors (Lipinski definition) is 1. The Morgan fingerprint density at radius 3 is 2.82 bits per heavy atom. The molecule has 0 unspecified atom stereocenters. The van der Waals surface area contributed by atoms with E-state index < -0.39 is 5.95 Å². The number of likely N-dealkylation sites (tertiary alicyclic amines) is 1. The van der Waals surface area contributed by atoms with Crippen molar-refractivity contribution in [2.45, 2.75) is 12.8 Å². The maximum Gasteiger partial charge on any atom is 0.258 e. The van der Waals surface area contributed by atoms with Crippen LogP contribution in [0.3, 0.4) is 0 Å². The van der Waals surface area contributed by atoms with Gasteiger partial charge in [-0.1, -0.05) is 0 Å². The minimum absolute atomic E-state index is 0.0231. The van der Waals surface area contributed by atoms with E-state index in [4.69, 9.17) is 5.11 Å². The standard InChI is InChI=1S/C12H15FN2O2/c13-11-10(2-1-5-14-11)12(17)15-6-3-9(8-16)4-7-15/h1-2,5,9,16H,3-4,6-8H2. The lowest BCUT2D eigenvalue weighted by Gasteiger charge is -2.31. The molecule has 1 aliphatic heterocycles. The third-order valence-corrected chi connectivity index (χ3v) is 3.15. The molecule has 0 spiro atoms. The zero-order chi connectivity index (χ0) is 12.3. The van der Waals surface area contributed by atoms with E-state index in [1.165, 1.54) is 12.3 Å². The monoisotopic (exact) mass is 238 g/mol. The topological polar surface area (TPSA) is 53.4 Å². The van der Waals surface area contributed by atoms with Crippen molar-refractivity contribution >= 4 is 5.91 Å². The second-order valence-electron chi connectivity index (χ2n) is 4.26. The molecule has 0 radical (unpaired) electrons. The highest BCUT2D eigenvalue weighted by Gasteiger charge is 2.24. The number of pyridine rings is 1. The van der Waals surface area contributed by atoms with Crippen LogP contribution in [0.25, 0.3) is 0 Å². The van der Waals surface area contributed by atoms with Gasteiger partial charge < -0.3 is 10.0 Å². The summed E-state index contributed by atoms with van der Waals surface area (Å²) in [6, 6.07) is 3.00. The van der Waals surface area contributed by atoms with Crippen LogP contribution in [0.1, 0.15) is 23.2 Å². The maximum absolute atomic E-state index is 13.3. The largest absolute Gasteiger partial charge is 0.396 e. The van der Waals surface area contributed by atoms with Gasteiger partial charge in [0.25, 0.3) is 5.91 Å². The van der Waals surface area contributed by atoms with Crippen LogP contribution in [0.2, 0.25) is 0 Å². The molecule has 0 aromatic carbocycles. The van der Waals surface area contributed by atoms with Crippen LogP contribution >= 0.6 is 0 Å². The van der Waals surface area contributed by atoms with E-state index in [2.05, 4.69) is 4.98 Å². The summed E-state index contributed by atoms with van der Waals surface area (Å²) in [6.07, 6.45) is 2.86. The zero-order valence-electron chi connectivity index (χ0n) is 9.47. The molecule has 2 heterocycles. The minimum atomic E-state index is -0.721. The van der Waals surface area contributed by atoms with Crippen molar-refractivity contribution in [2.24, 2.45) is 5.92 Å². The first-order valence-corrected chi connectivity index (χ1v) is 5.73. The zero-order valence-corrected chi connectivity index (χ0v) is 9.47. The van der Waals surface area contributed by atoms with Crippen molar-refractivity contribution in [3.63, 3.8) is 0 Å². The molecule has 1 N–H and O–H groups in total. The van der Waals surface area contributed by atoms with Crippen LogP contribution in [-0.2, 0) is 0 Å². The van der Waals surface area contributed by atoms with Crippen molar-refractivity contribution in [1.82, 2.24) is 9.88 Å². The van der Waals surface area contributed by atoms with E-state index in [-0.39, 0.29) is 24.0 Å². The highest BCUT2D eigenvalue weighted by molar-refractivity contribution is 5.94. The average molecular weight is 238 g/mol. The number of aliphatic hydroxyl groups is 1. The molecule has 92 valence electrons. The molecule has 1 aliphatic rings. The van der Waals surface area contributed by atoms with Crippen molar-refractivity contribution in [3.05, 3.63) is 29.8 Å². The Morgan fingerprint density at radius 1 is 1.53 bits per heavy atom. The molecule has 1 amide bonds. The van der Waals surface area contributed by atoms with Crippen molar-refractivity contribution < 1.29 is 14.3 Å². The van der Waals surface area contributed by atoms with Crippen molar-refractivity contribution in [2.75, 3.05) is 19.7 Å². The van der Waals surface area contributed by atoms with Gasteiger partial charge in [0.1, 0.15) is 0 Å². The van der Waals surface area contributed by atoms with Gasteiger partial charge in [0.2, 0.25) is 5.95 Å². The first kappa shape index (κ1) is 12.0. The fourth-order valence-electron chi connectivity index (χ4n) is 2.03. The van der Waals surface area contributed by atoms with Gasteiger partial charge in [0.05, 0.1) is 5.56 Å². The number of carbonyl (C=O) groups excluding carboxylic acids is 1. The molecule has 0 bridgehead atoms. The Kier molecular flexibility index (Phi) is 3.68. The molecule has 0 atom stereocenters. The third-order valence-electron chi connectivity index (χ3n) is 3.15. The number of hydrogen-bond acceptors (Lipinski definition) is 3. The molecule has 4 nitrogen and oxygen atoms in total. The normalized spacial score (nSPS) is 17.2. The fraction of sp³-hybridized carbons (Fsp3) is 0.500. The van der Waals surface area contributed by atoms with Crippen LogP contribution < -0.4 is 0 Å². The van der Waals surface area contributed by atoms with Crippen LogP contribution in [0.5, 0.6) is 0 Å². The Balaban J connectivity index is 2.04. The smallest absolute Gasteiger partial charge is 0.258 e. The van der Waals surface area contributed by atoms with Crippen molar-refractivity contribution in [1.29, 1.82) is 0 Å². The van der Waals surface area contributed by atoms with Gasteiger partial charge in [0.15, 0.2) is 0 Å². The van der Waals surface area contributed by atoms with E-state index in [9.17, 15) is 9.18 Å². The lowest BCUT2D eigenvalue weighted by molar-refractivity contribution is 0.0645. The molecular formula is C12H15FN2O2. The number of nitrogens with zero attached hydrogens (tertiary/aromatic N) is 2. The molecule has 17 heavy (non-hydrogen) atoms. The van der Waals surface area contributed by atoms with Gasteiger partial charge in [-0.3, -0.25) is 4.79 Å². The summed E-state index contributed by atoms with van der Waals surface area (Å²) < 4.78 is 13.3. The molecule has 1 aromatic heterocycles. The molecular weight excluding hydrogens is 223 g/mol. The van der Waals surface area contributed by atoms with Gasteiger partial charge >= 0.3 is 0 Å². The number of amides is 1. The first-order chi connectivity index (χ1) is 8.22. The second-order valence-corrected chi connectivity index (χ2v) is 4.26. The van der Waals surface area contributed by atoms with E-state index in [0.717, 1.165) is 12.8 Å². The lowest BCUT2D eigenvalue weighted by atomic mass is 9.97.